The van der Waals surface area contributed by atoms with Crippen molar-refractivity contribution in [2.45, 2.75) is 18.8 Å². The number of carbonyl (C=O) groups excluding carboxylic acids is 1. The Labute approximate surface area is 87.8 Å². The number of aromatic amines is 1. The van der Waals surface area contributed by atoms with Gasteiger partial charge in [-0.15, -0.1) is 0 Å². The summed E-state index contributed by atoms with van der Waals surface area (Å²) in [5, 5.41) is 6.78. The Bertz CT molecular complexity index is 342. The monoisotopic (exact) mass is 210 g/mol. The summed E-state index contributed by atoms with van der Waals surface area (Å²) in [6.45, 7) is 1.48. The highest BCUT2D eigenvalue weighted by molar-refractivity contribution is 5.90. The van der Waals surface area contributed by atoms with Crippen LogP contribution in [0.2, 0.25) is 0 Å². The quantitative estimate of drug-likeness (QED) is 0.742. The number of esters is 1. The molecule has 1 aromatic rings. The molecule has 82 valence electrons. The number of methoxy groups -OCH3 is 1. The van der Waals surface area contributed by atoms with Gasteiger partial charge in [0.2, 0.25) is 0 Å². The summed E-state index contributed by atoms with van der Waals surface area (Å²) in [4.78, 5) is 11.4. The van der Waals surface area contributed by atoms with Crippen LogP contribution in [0.3, 0.4) is 0 Å². The molecule has 0 aliphatic carbocycles. The summed E-state index contributed by atoms with van der Waals surface area (Å²) in [6.07, 6.45) is 3.37. The van der Waals surface area contributed by atoms with Crippen LogP contribution in [0, 0.1) is 0 Å². The lowest BCUT2D eigenvalue weighted by Gasteiger charge is -2.21. The maximum atomic E-state index is 11.4. The van der Waals surface area contributed by atoms with Crippen molar-refractivity contribution in [1.29, 1.82) is 0 Å². The predicted molar refractivity (Wildman–Crippen MR) is 52.7 cm³/mol. The van der Waals surface area contributed by atoms with Crippen molar-refractivity contribution in [3.8, 4) is 0 Å². The van der Waals surface area contributed by atoms with Crippen LogP contribution in [0.15, 0.2) is 6.20 Å². The zero-order chi connectivity index (χ0) is 10.7. The minimum atomic E-state index is -0.328. The van der Waals surface area contributed by atoms with Gasteiger partial charge in [0.05, 0.1) is 19.0 Å². The fraction of sp³-hybridized carbons (Fsp3) is 0.600. The summed E-state index contributed by atoms with van der Waals surface area (Å²) in [7, 11) is 1.38. The topological polar surface area (TPSA) is 64.2 Å². The Balaban J connectivity index is 2.19. The van der Waals surface area contributed by atoms with E-state index in [0.29, 0.717) is 11.5 Å². The van der Waals surface area contributed by atoms with Crippen molar-refractivity contribution in [2.24, 2.45) is 0 Å². The molecule has 1 aliphatic heterocycles. The van der Waals surface area contributed by atoms with Crippen molar-refractivity contribution in [3.63, 3.8) is 0 Å². The normalized spacial score (nSPS) is 17.7. The fourth-order valence-electron chi connectivity index (χ4n) is 1.87. The number of aromatic nitrogens is 2. The Morgan fingerprint density at radius 2 is 2.33 bits per heavy atom. The van der Waals surface area contributed by atoms with Gasteiger partial charge in [-0.25, -0.2) is 4.79 Å². The molecule has 0 saturated carbocycles. The molecule has 1 aliphatic rings. The van der Waals surface area contributed by atoms with Crippen LogP contribution >= 0.6 is 0 Å². The first kappa shape index (κ1) is 10.2. The molecule has 0 aromatic carbocycles. The molecule has 5 heteroatoms. The molecule has 0 bridgehead atoms. The molecule has 1 fully saturated rings. The van der Waals surface area contributed by atoms with E-state index in [1.807, 2.05) is 0 Å². The molecule has 1 N–H and O–H groups in total. The SMILES string of the molecule is COC(=O)c1cn[nH]c1C1CCOCC1. The van der Waals surface area contributed by atoms with Crippen molar-refractivity contribution in [3.05, 3.63) is 17.5 Å². The van der Waals surface area contributed by atoms with Crippen LogP contribution < -0.4 is 0 Å². The number of carbonyl (C=O) groups is 1. The maximum absolute atomic E-state index is 11.4. The van der Waals surface area contributed by atoms with Crippen LogP contribution in [0.1, 0.15) is 34.8 Å². The van der Waals surface area contributed by atoms with Gasteiger partial charge in [0.1, 0.15) is 5.56 Å². The van der Waals surface area contributed by atoms with Gasteiger partial charge in [-0.1, -0.05) is 0 Å². The molecule has 2 rings (SSSR count). The minimum Gasteiger partial charge on any atom is -0.465 e. The van der Waals surface area contributed by atoms with Crippen molar-refractivity contribution < 1.29 is 14.3 Å². The lowest BCUT2D eigenvalue weighted by molar-refractivity contribution is 0.0592. The smallest absolute Gasteiger partial charge is 0.341 e. The second-order valence-electron chi connectivity index (χ2n) is 3.58. The van der Waals surface area contributed by atoms with Crippen molar-refractivity contribution in [1.82, 2.24) is 10.2 Å². The molecule has 0 unspecified atom stereocenters. The number of hydrogen-bond donors (Lipinski definition) is 1. The lowest BCUT2D eigenvalue weighted by Crippen LogP contribution is -2.17. The van der Waals surface area contributed by atoms with Gasteiger partial charge < -0.3 is 9.47 Å². The van der Waals surface area contributed by atoms with E-state index in [2.05, 4.69) is 10.2 Å². The maximum Gasteiger partial charge on any atom is 0.341 e. The molecule has 15 heavy (non-hydrogen) atoms. The Morgan fingerprint density at radius 1 is 1.60 bits per heavy atom. The second kappa shape index (κ2) is 4.44. The highest BCUT2D eigenvalue weighted by Crippen LogP contribution is 2.27. The third kappa shape index (κ3) is 2.02. The first-order valence-corrected chi connectivity index (χ1v) is 5.02. The number of nitrogens with one attached hydrogen (secondary N) is 1. The van der Waals surface area contributed by atoms with E-state index in [4.69, 9.17) is 9.47 Å². The summed E-state index contributed by atoms with van der Waals surface area (Å²) in [5.41, 5.74) is 1.43. The first-order chi connectivity index (χ1) is 7.33. The Hall–Kier alpha value is -1.36. The van der Waals surface area contributed by atoms with Crippen LogP contribution in [0.4, 0.5) is 0 Å². The van der Waals surface area contributed by atoms with Gasteiger partial charge in [-0.2, -0.15) is 5.10 Å². The van der Waals surface area contributed by atoms with E-state index in [0.717, 1.165) is 31.7 Å². The number of rotatable bonds is 2. The zero-order valence-electron chi connectivity index (χ0n) is 8.66. The van der Waals surface area contributed by atoms with Gasteiger partial charge in [-0.05, 0) is 12.8 Å². The summed E-state index contributed by atoms with van der Waals surface area (Å²) in [6, 6.07) is 0. The highest BCUT2D eigenvalue weighted by Gasteiger charge is 2.23. The van der Waals surface area contributed by atoms with E-state index in [-0.39, 0.29) is 5.97 Å². The molecule has 1 saturated heterocycles. The number of ether oxygens (including phenoxy) is 2. The summed E-state index contributed by atoms with van der Waals surface area (Å²) in [5.74, 6) is 0.000548. The number of H-pyrrole nitrogens is 1. The molecule has 5 nitrogen and oxygen atoms in total. The molecule has 1 aromatic heterocycles. The Morgan fingerprint density at radius 3 is 3.00 bits per heavy atom. The highest BCUT2D eigenvalue weighted by atomic mass is 16.5. The Kier molecular flexibility index (Phi) is 3.01. The van der Waals surface area contributed by atoms with Crippen LogP contribution in [-0.2, 0) is 9.47 Å². The van der Waals surface area contributed by atoms with E-state index in [1.165, 1.54) is 13.3 Å². The average Bonchev–Trinajstić information content (AvgIpc) is 2.78. The summed E-state index contributed by atoms with van der Waals surface area (Å²) < 4.78 is 9.97. The fourth-order valence-corrected chi connectivity index (χ4v) is 1.87. The molecular weight excluding hydrogens is 196 g/mol. The second-order valence-corrected chi connectivity index (χ2v) is 3.58. The molecule has 0 atom stereocenters. The van der Waals surface area contributed by atoms with Gasteiger partial charge in [0.15, 0.2) is 0 Å². The van der Waals surface area contributed by atoms with Crippen molar-refractivity contribution in [2.75, 3.05) is 20.3 Å². The predicted octanol–water partition coefficient (Wildman–Crippen LogP) is 1.09. The van der Waals surface area contributed by atoms with E-state index < -0.39 is 0 Å². The van der Waals surface area contributed by atoms with E-state index >= 15 is 0 Å². The lowest BCUT2D eigenvalue weighted by atomic mass is 9.94. The average molecular weight is 210 g/mol. The van der Waals surface area contributed by atoms with Crippen LogP contribution in [0.25, 0.3) is 0 Å². The third-order valence-corrected chi connectivity index (χ3v) is 2.70. The third-order valence-electron chi connectivity index (χ3n) is 2.70. The van der Waals surface area contributed by atoms with Gasteiger partial charge in [0, 0.05) is 19.1 Å². The minimum absolute atomic E-state index is 0.328. The number of hydrogen-bond acceptors (Lipinski definition) is 4. The molecular formula is C10H14N2O3. The standard InChI is InChI=1S/C10H14N2O3/c1-14-10(13)8-6-11-12-9(8)7-2-4-15-5-3-7/h6-7H,2-5H2,1H3,(H,11,12). The van der Waals surface area contributed by atoms with E-state index in [9.17, 15) is 4.79 Å². The van der Waals surface area contributed by atoms with Gasteiger partial charge >= 0.3 is 5.97 Å². The first-order valence-electron chi connectivity index (χ1n) is 5.02. The van der Waals surface area contributed by atoms with Crippen molar-refractivity contribution >= 4 is 5.97 Å². The zero-order valence-corrected chi connectivity index (χ0v) is 8.66. The molecule has 0 spiro atoms. The van der Waals surface area contributed by atoms with E-state index in [1.54, 1.807) is 0 Å². The largest absolute Gasteiger partial charge is 0.465 e. The van der Waals surface area contributed by atoms with Gasteiger partial charge in [0.25, 0.3) is 0 Å². The number of nitrogens with zero attached hydrogens (tertiary/aromatic N) is 1. The molecule has 0 radical (unpaired) electrons. The van der Waals surface area contributed by atoms with Crippen LogP contribution in [0.5, 0.6) is 0 Å². The molecule has 0 amide bonds. The van der Waals surface area contributed by atoms with Gasteiger partial charge in [-0.3, -0.25) is 5.10 Å². The van der Waals surface area contributed by atoms with Crippen LogP contribution in [-0.4, -0.2) is 36.5 Å². The summed E-state index contributed by atoms with van der Waals surface area (Å²) >= 11 is 0. The molecule has 2 heterocycles.